The van der Waals surface area contributed by atoms with E-state index in [1.807, 2.05) is 18.2 Å². The third-order valence-electron chi connectivity index (χ3n) is 2.93. The summed E-state index contributed by atoms with van der Waals surface area (Å²) < 4.78 is 15.6. The van der Waals surface area contributed by atoms with Crippen LogP contribution in [0.25, 0.3) is 10.6 Å². The molecule has 0 aliphatic carbocycles. The summed E-state index contributed by atoms with van der Waals surface area (Å²) in [5, 5.41) is 0.758. The number of hydrogen-bond acceptors (Lipinski definition) is 6. The van der Waals surface area contributed by atoms with Crippen LogP contribution in [-0.4, -0.2) is 32.1 Å². The standard InChI is InChI=1S/C15H17NO4S/c1-9(17)14-11(8-18-2)16-15(21-14)10-5-6-12(19-3)13(7-10)20-4/h5-7H,8H2,1-4H3. The molecule has 21 heavy (non-hydrogen) atoms. The molecule has 5 nitrogen and oxygen atoms in total. The maximum absolute atomic E-state index is 11.7. The van der Waals surface area contributed by atoms with Gasteiger partial charge in [-0.05, 0) is 18.2 Å². The predicted molar refractivity (Wildman–Crippen MR) is 81.4 cm³/mol. The van der Waals surface area contributed by atoms with Crippen LogP contribution in [0.4, 0.5) is 0 Å². The monoisotopic (exact) mass is 307 g/mol. The van der Waals surface area contributed by atoms with Crippen molar-refractivity contribution in [1.82, 2.24) is 4.98 Å². The van der Waals surface area contributed by atoms with E-state index < -0.39 is 0 Å². The van der Waals surface area contributed by atoms with Crippen molar-refractivity contribution in [3.05, 3.63) is 28.8 Å². The van der Waals surface area contributed by atoms with E-state index in [0.29, 0.717) is 28.7 Å². The van der Waals surface area contributed by atoms with Gasteiger partial charge in [-0.25, -0.2) is 4.98 Å². The number of methoxy groups -OCH3 is 3. The highest BCUT2D eigenvalue weighted by atomic mass is 32.1. The Morgan fingerprint density at radius 3 is 2.48 bits per heavy atom. The van der Waals surface area contributed by atoms with E-state index in [0.717, 1.165) is 10.6 Å². The minimum Gasteiger partial charge on any atom is -0.493 e. The number of ether oxygens (including phenoxy) is 3. The fourth-order valence-electron chi connectivity index (χ4n) is 1.95. The molecule has 1 aromatic heterocycles. The van der Waals surface area contributed by atoms with Crippen LogP contribution in [0.3, 0.4) is 0 Å². The second-order valence-electron chi connectivity index (χ2n) is 4.35. The van der Waals surface area contributed by atoms with Crippen LogP contribution >= 0.6 is 11.3 Å². The molecule has 0 saturated heterocycles. The van der Waals surface area contributed by atoms with E-state index in [-0.39, 0.29) is 5.78 Å². The Labute approximate surface area is 127 Å². The Hall–Kier alpha value is -1.92. The van der Waals surface area contributed by atoms with Gasteiger partial charge in [-0.1, -0.05) is 0 Å². The molecule has 0 bridgehead atoms. The van der Waals surface area contributed by atoms with E-state index in [1.165, 1.54) is 18.3 Å². The van der Waals surface area contributed by atoms with Crippen LogP contribution in [0.2, 0.25) is 0 Å². The van der Waals surface area contributed by atoms with Crippen molar-refractivity contribution in [2.24, 2.45) is 0 Å². The van der Waals surface area contributed by atoms with Gasteiger partial charge in [-0.15, -0.1) is 11.3 Å². The lowest BCUT2D eigenvalue weighted by Crippen LogP contribution is -1.97. The Morgan fingerprint density at radius 1 is 1.19 bits per heavy atom. The third kappa shape index (κ3) is 3.22. The lowest BCUT2D eigenvalue weighted by atomic mass is 10.2. The smallest absolute Gasteiger partial charge is 0.171 e. The number of carbonyl (C=O) groups is 1. The summed E-state index contributed by atoms with van der Waals surface area (Å²) in [7, 11) is 4.76. The first kappa shape index (κ1) is 15.5. The Bertz CT molecular complexity index is 651. The molecule has 1 heterocycles. The topological polar surface area (TPSA) is 57.6 Å². The van der Waals surface area contributed by atoms with Gasteiger partial charge in [0, 0.05) is 19.6 Å². The minimum atomic E-state index is -0.00808. The van der Waals surface area contributed by atoms with Crippen LogP contribution in [0, 0.1) is 0 Å². The Balaban J connectivity index is 2.46. The van der Waals surface area contributed by atoms with Gasteiger partial charge >= 0.3 is 0 Å². The molecule has 2 rings (SSSR count). The normalized spacial score (nSPS) is 10.5. The highest BCUT2D eigenvalue weighted by Gasteiger charge is 2.17. The highest BCUT2D eigenvalue weighted by Crippen LogP contribution is 2.35. The summed E-state index contributed by atoms with van der Waals surface area (Å²) in [5.74, 6) is 1.27. The number of rotatable bonds is 6. The lowest BCUT2D eigenvalue weighted by molar-refractivity contribution is 0.101. The maximum atomic E-state index is 11.7. The molecule has 0 aliphatic rings. The summed E-state index contributed by atoms with van der Waals surface area (Å²) >= 11 is 1.36. The van der Waals surface area contributed by atoms with Crippen molar-refractivity contribution in [3.63, 3.8) is 0 Å². The fourth-order valence-corrected chi connectivity index (χ4v) is 2.91. The molecule has 0 spiro atoms. The van der Waals surface area contributed by atoms with Crippen LogP contribution in [0.5, 0.6) is 11.5 Å². The molecule has 6 heteroatoms. The summed E-state index contributed by atoms with van der Waals surface area (Å²) in [4.78, 5) is 16.8. The average molecular weight is 307 g/mol. The van der Waals surface area contributed by atoms with Gasteiger partial charge < -0.3 is 14.2 Å². The first-order chi connectivity index (χ1) is 10.1. The zero-order chi connectivity index (χ0) is 15.4. The van der Waals surface area contributed by atoms with Crippen molar-refractivity contribution < 1.29 is 19.0 Å². The summed E-state index contributed by atoms with van der Waals surface area (Å²) in [5.41, 5.74) is 1.54. The van der Waals surface area contributed by atoms with Crippen LogP contribution < -0.4 is 9.47 Å². The molecule has 0 aliphatic heterocycles. The van der Waals surface area contributed by atoms with Gasteiger partial charge in [0.15, 0.2) is 17.3 Å². The summed E-state index contributed by atoms with van der Waals surface area (Å²) in [6.07, 6.45) is 0. The summed E-state index contributed by atoms with van der Waals surface area (Å²) in [6.45, 7) is 1.85. The van der Waals surface area contributed by atoms with E-state index >= 15 is 0 Å². The van der Waals surface area contributed by atoms with Gasteiger partial charge in [0.1, 0.15) is 5.01 Å². The lowest BCUT2D eigenvalue weighted by Gasteiger charge is -2.08. The van der Waals surface area contributed by atoms with Gasteiger partial charge in [-0.2, -0.15) is 0 Å². The Morgan fingerprint density at radius 2 is 1.90 bits per heavy atom. The van der Waals surface area contributed by atoms with Crippen LogP contribution in [0.1, 0.15) is 22.3 Å². The van der Waals surface area contributed by atoms with Crippen LogP contribution in [0.15, 0.2) is 18.2 Å². The van der Waals surface area contributed by atoms with Crippen LogP contribution in [-0.2, 0) is 11.3 Å². The minimum absolute atomic E-state index is 0.00808. The molecule has 0 fully saturated rings. The molecule has 0 saturated carbocycles. The second kappa shape index (κ2) is 6.69. The van der Waals surface area contributed by atoms with Crippen molar-refractivity contribution in [2.75, 3.05) is 21.3 Å². The number of carbonyl (C=O) groups excluding carboxylic acids is 1. The molecule has 0 unspecified atom stereocenters. The number of Topliss-reactive ketones (excluding diaryl/α,β-unsaturated/α-hetero) is 1. The molecule has 0 N–H and O–H groups in total. The molecule has 2 aromatic rings. The Kier molecular flexibility index (Phi) is 4.93. The molecule has 1 aromatic carbocycles. The van der Waals surface area contributed by atoms with Crippen molar-refractivity contribution in [3.8, 4) is 22.1 Å². The largest absolute Gasteiger partial charge is 0.493 e. The van der Waals surface area contributed by atoms with E-state index in [9.17, 15) is 4.79 Å². The van der Waals surface area contributed by atoms with E-state index in [4.69, 9.17) is 14.2 Å². The van der Waals surface area contributed by atoms with Crippen molar-refractivity contribution in [2.45, 2.75) is 13.5 Å². The molecular weight excluding hydrogens is 290 g/mol. The molecule has 112 valence electrons. The van der Waals surface area contributed by atoms with Crippen molar-refractivity contribution >= 4 is 17.1 Å². The van der Waals surface area contributed by atoms with Gasteiger partial charge in [0.05, 0.1) is 31.4 Å². The quantitative estimate of drug-likeness (QED) is 0.767. The maximum Gasteiger partial charge on any atom is 0.171 e. The zero-order valence-electron chi connectivity index (χ0n) is 12.4. The molecule has 0 amide bonds. The number of hydrogen-bond donors (Lipinski definition) is 0. The number of aromatic nitrogens is 1. The molecule has 0 atom stereocenters. The number of ketones is 1. The summed E-state index contributed by atoms with van der Waals surface area (Å²) in [6, 6.07) is 5.55. The number of benzene rings is 1. The van der Waals surface area contributed by atoms with E-state index in [1.54, 1.807) is 21.3 Å². The van der Waals surface area contributed by atoms with Gasteiger partial charge in [0.25, 0.3) is 0 Å². The fraction of sp³-hybridized carbons (Fsp3) is 0.333. The highest BCUT2D eigenvalue weighted by molar-refractivity contribution is 7.17. The van der Waals surface area contributed by atoms with Gasteiger partial charge in [-0.3, -0.25) is 4.79 Å². The molecule has 0 radical (unpaired) electrons. The third-order valence-corrected chi connectivity index (χ3v) is 4.18. The number of nitrogens with zero attached hydrogens (tertiary/aromatic N) is 1. The molecular formula is C15H17NO4S. The SMILES string of the molecule is COCc1nc(-c2ccc(OC)c(OC)c2)sc1C(C)=O. The zero-order valence-corrected chi connectivity index (χ0v) is 13.2. The first-order valence-corrected chi connectivity index (χ1v) is 7.14. The second-order valence-corrected chi connectivity index (χ2v) is 5.35. The average Bonchev–Trinajstić information content (AvgIpc) is 2.91. The predicted octanol–water partition coefficient (Wildman–Crippen LogP) is 3.18. The first-order valence-electron chi connectivity index (χ1n) is 6.32. The van der Waals surface area contributed by atoms with E-state index in [2.05, 4.69) is 4.98 Å². The van der Waals surface area contributed by atoms with Gasteiger partial charge in [0.2, 0.25) is 0 Å². The van der Waals surface area contributed by atoms with Crippen molar-refractivity contribution in [1.29, 1.82) is 0 Å². The number of thiazole rings is 1.